The van der Waals surface area contributed by atoms with Crippen molar-refractivity contribution in [2.24, 2.45) is 5.92 Å². The maximum atomic E-state index is 14.0. The van der Waals surface area contributed by atoms with Crippen LogP contribution in [0.25, 0.3) is 10.8 Å². The minimum absolute atomic E-state index is 0.0711. The van der Waals surface area contributed by atoms with Gasteiger partial charge in [0.05, 0.1) is 30.5 Å². The van der Waals surface area contributed by atoms with Crippen LogP contribution in [0.3, 0.4) is 0 Å². The fourth-order valence-corrected chi connectivity index (χ4v) is 4.58. The van der Waals surface area contributed by atoms with E-state index in [-0.39, 0.29) is 30.2 Å². The summed E-state index contributed by atoms with van der Waals surface area (Å²) in [4.78, 5) is 43.6. The number of nitrogens with one attached hydrogen (secondary N) is 2. The molecule has 0 fully saturated rings. The van der Waals surface area contributed by atoms with E-state index in [1.165, 1.54) is 0 Å². The number of hydrogen-bond acceptors (Lipinski definition) is 4. The molecule has 188 valence electrons. The van der Waals surface area contributed by atoms with E-state index in [0.29, 0.717) is 24.3 Å². The van der Waals surface area contributed by atoms with Gasteiger partial charge >= 0.3 is 0 Å². The van der Waals surface area contributed by atoms with Gasteiger partial charge < -0.3 is 20.4 Å². The Kier molecular flexibility index (Phi) is 7.70. The van der Waals surface area contributed by atoms with E-state index >= 15 is 0 Å². The predicted octanol–water partition coefficient (Wildman–Crippen LogP) is 3.86. The van der Waals surface area contributed by atoms with Crippen LogP contribution in [0.2, 0.25) is 0 Å². The van der Waals surface area contributed by atoms with Gasteiger partial charge in [0.15, 0.2) is 0 Å². The third-order valence-corrected chi connectivity index (χ3v) is 6.63. The van der Waals surface area contributed by atoms with Crippen LogP contribution >= 0.6 is 0 Å². The van der Waals surface area contributed by atoms with Crippen LogP contribution in [0.1, 0.15) is 32.8 Å². The van der Waals surface area contributed by atoms with Crippen molar-refractivity contribution in [3.8, 4) is 0 Å². The molecule has 7 heteroatoms. The van der Waals surface area contributed by atoms with E-state index in [9.17, 15) is 14.4 Å². The van der Waals surface area contributed by atoms with Crippen molar-refractivity contribution in [3.05, 3.63) is 72.3 Å². The molecular weight excluding hydrogens is 452 g/mol. The van der Waals surface area contributed by atoms with Gasteiger partial charge in [-0.25, -0.2) is 0 Å². The number of nitrogens with zero attached hydrogens (tertiary/aromatic N) is 2. The van der Waals surface area contributed by atoms with E-state index in [2.05, 4.69) is 10.6 Å². The number of fused-ring (bicyclic) bond motifs is 2. The molecule has 0 aliphatic carbocycles. The van der Waals surface area contributed by atoms with Crippen molar-refractivity contribution in [2.45, 2.75) is 45.8 Å². The monoisotopic (exact) mass is 486 g/mol. The van der Waals surface area contributed by atoms with Crippen LogP contribution in [0.15, 0.2) is 66.7 Å². The quantitative estimate of drug-likeness (QED) is 0.531. The van der Waals surface area contributed by atoms with Crippen molar-refractivity contribution >= 4 is 39.9 Å². The van der Waals surface area contributed by atoms with Crippen LogP contribution in [0.5, 0.6) is 0 Å². The lowest BCUT2D eigenvalue weighted by Crippen LogP contribution is -2.55. The maximum absolute atomic E-state index is 14.0. The summed E-state index contributed by atoms with van der Waals surface area (Å²) in [7, 11) is 1.69. The van der Waals surface area contributed by atoms with Gasteiger partial charge in [-0.05, 0) is 48.4 Å². The number of carbonyl (C=O) groups excluding carboxylic acids is 3. The molecule has 1 aliphatic heterocycles. The van der Waals surface area contributed by atoms with E-state index in [0.717, 1.165) is 16.3 Å². The summed E-state index contributed by atoms with van der Waals surface area (Å²) in [5.41, 5.74) is 2.33. The molecule has 1 heterocycles. The van der Waals surface area contributed by atoms with E-state index in [1.54, 1.807) is 23.8 Å². The molecule has 0 bridgehead atoms. The number of hydrogen-bond donors (Lipinski definition) is 2. The van der Waals surface area contributed by atoms with Crippen LogP contribution in [-0.2, 0) is 20.9 Å². The highest BCUT2D eigenvalue weighted by Gasteiger charge is 2.37. The maximum Gasteiger partial charge on any atom is 0.251 e. The molecule has 7 nitrogen and oxygen atoms in total. The predicted molar refractivity (Wildman–Crippen MR) is 144 cm³/mol. The molecule has 0 saturated carbocycles. The fourth-order valence-electron chi connectivity index (χ4n) is 4.58. The second kappa shape index (κ2) is 10.9. The fraction of sp³-hybridized carbons (Fsp3) is 0.345. The third-order valence-electron chi connectivity index (χ3n) is 6.63. The lowest BCUT2D eigenvalue weighted by atomic mass is 10.0. The Morgan fingerprint density at radius 3 is 2.33 bits per heavy atom. The Balaban J connectivity index is 1.80. The molecule has 0 saturated heterocycles. The zero-order valence-electron chi connectivity index (χ0n) is 21.3. The van der Waals surface area contributed by atoms with Crippen molar-refractivity contribution in [3.63, 3.8) is 0 Å². The number of amides is 3. The zero-order valence-corrected chi connectivity index (χ0v) is 21.3. The Hall–Kier alpha value is -3.71. The molecule has 36 heavy (non-hydrogen) atoms. The summed E-state index contributed by atoms with van der Waals surface area (Å²) in [6.07, 6.45) is 0.347. The molecule has 2 N–H and O–H groups in total. The standard InChI is InChI=1S/C29H34N4O3/c1-19(2)16-27(34)32-18-24(31-28(35)20(3)30-4)29(36)33(26-15-8-7-14-25(26)32)17-22-12-9-11-21-10-5-6-13-23(21)22/h5-15,19-20,24,30H,16-18H2,1-4H3,(H,31,35). The third kappa shape index (κ3) is 5.26. The number of rotatable bonds is 7. The number of carbonyl (C=O) groups is 3. The Labute approximate surface area is 212 Å². The second-order valence-corrected chi connectivity index (χ2v) is 9.73. The summed E-state index contributed by atoms with van der Waals surface area (Å²) in [5, 5.41) is 7.97. The molecule has 3 aromatic rings. The first-order chi connectivity index (χ1) is 17.3. The highest BCUT2D eigenvalue weighted by Crippen LogP contribution is 2.35. The number of benzene rings is 3. The Morgan fingerprint density at radius 2 is 1.61 bits per heavy atom. The number of anilines is 2. The molecule has 2 atom stereocenters. The van der Waals surface area contributed by atoms with Gasteiger partial charge in [0, 0.05) is 6.42 Å². The Morgan fingerprint density at radius 1 is 0.944 bits per heavy atom. The molecule has 0 radical (unpaired) electrons. The average molecular weight is 487 g/mol. The average Bonchev–Trinajstić information content (AvgIpc) is 2.98. The molecule has 2 unspecified atom stereocenters. The highest BCUT2D eigenvalue weighted by atomic mass is 16.2. The normalized spacial score (nSPS) is 16.6. The summed E-state index contributed by atoms with van der Waals surface area (Å²) >= 11 is 0. The van der Waals surface area contributed by atoms with Gasteiger partial charge in [0.25, 0.3) is 5.91 Å². The van der Waals surface area contributed by atoms with Gasteiger partial charge in [0.1, 0.15) is 6.04 Å². The SMILES string of the molecule is CNC(C)C(=O)NC1CN(C(=O)CC(C)C)c2ccccc2N(Cc2cccc3ccccc23)C1=O. The van der Waals surface area contributed by atoms with Crippen LogP contribution in [0.4, 0.5) is 11.4 Å². The van der Waals surface area contributed by atoms with Gasteiger partial charge in [-0.15, -0.1) is 0 Å². The molecular formula is C29H34N4O3. The van der Waals surface area contributed by atoms with Crippen LogP contribution in [-0.4, -0.2) is 43.4 Å². The first kappa shape index (κ1) is 25.4. The topological polar surface area (TPSA) is 81.8 Å². The largest absolute Gasteiger partial charge is 0.341 e. The molecule has 1 aliphatic rings. The van der Waals surface area contributed by atoms with E-state index < -0.39 is 12.1 Å². The molecule has 0 aromatic heterocycles. The van der Waals surface area contributed by atoms with E-state index in [4.69, 9.17) is 0 Å². The number of likely N-dealkylation sites (N-methyl/N-ethyl adjacent to an activating group) is 1. The molecule has 3 aromatic carbocycles. The minimum Gasteiger partial charge on any atom is -0.341 e. The zero-order chi connectivity index (χ0) is 25.8. The lowest BCUT2D eigenvalue weighted by Gasteiger charge is -2.26. The first-order valence-corrected chi connectivity index (χ1v) is 12.4. The van der Waals surface area contributed by atoms with Crippen LogP contribution in [0, 0.1) is 5.92 Å². The number of para-hydroxylation sites is 2. The van der Waals surface area contributed by atoms with Gasteiger partial charge in [0.2, 0.25) is 11.8 Å². The summed E-state index contributed by atoms with van der Waals surface area (Å²) in [6, 6.07) is 20.2. The lowest BCUT2D eigenvalue weighted by molar-refractivity contribution is -0.128. The highest BCUT2D eigenvalue weighted by molar-refractivity contribution is 6.08. The van der Waals surface area contributed by atoms with Gasteiger partial charge in [-0.1, -0.05) is 68.4 Å². The second-order valence-electron chi connectivity index (χ2n) is 9.73. The summed E-state index contributed by atoms with van der Waals surface area (Å²) in [5.74, 6) is -0.444. The molecule has 3 amide bonds. The van der Waals surface area contributed by atoms with Crippen LogP contribution < -0.4 is 20.4 Å². The Bertz CT molecular complexity index is 1270. The van der Waals surface area contributed by atoms with E-state index in [1.807, 2.05) is 80.6 Å². The van der Waals surface area contributed by atoms with Crippen molar-refractivity contribution in [1.29, 1.82) is 0 Å². The molecule has 0 spiro atoms. The van der Waals surface area contributed by atoms with Crippen molar-refractivity contribution in [2.75, 3.05) is 23.4 Å². The molecule has 4 rings (SSSR count). The smallest absolute Gasteiger partial charge is 0.251 e. The van der Waals surface area contributed by atoms with Crippen molar-refractivity contribution < 1.29 is 14.4 Å². The van der Waals surface area contributed by atoms with Gasteiger partial charge in [-0.3, -0.25) is 14.4 Å². The first-order valence-electron chi connectivity index (χ1n) is 12.4. The minimum atomic E-state index is -0.883. The summed E-state index contributed by atoms with van der Waals surface area (Å²) in [6.45, 7) is 6.12. The van der Waals surface area contributed by atoms with Crippen molar-refractivity contribution in [1.82, 2.24) is 10.6 Å². The van der Waals surface area contributed by atoms with Gasteiger partial charge in [-0.2, -0.15) is 0 Å². The summed E-state index contributed by atoms with van der Waals surface area (Å²) < 4.78 is 0.